The maximum Gasteiger partial charge on any atom is 0.266 e. The van der Waals surface area contributed by atoms with Gasteiger partial charge in [-0.2, -0.15) is 0 Å². The van der Waals surface area contributed by atoms with Gasteiger partial charge in [0.1, 0.15) is 16.4 Å². The zero-order valence-electron chi connectivity index (χ0n) is 21.8. The van der Waals surface area contributed by atoms with Crippen molar-refractivity contribution in [2.24, 2.45) is 5.73 Å². The Hall–Kier alpha value is -2.40. The predicted octanol–water partition coefficient (Wildman–Crippen LogP) is 7.56. The number of rotatable bonds is 7. The van der Waals surface area contributed by atoms with Crippen molar-refractivity contribution in [3.63, 3.8) is 0 Å². The van der Waals surface area contributed by atoms with Crippen LogP contribution in [0.2, 0.25) is 5.02 Å². The van der Waals surface area contributed by atoms with Gasteiger partial charge in [-0.25, -0.2) is 4.39 Å². The van der Waals surface area contributed by atoms with Gasteiger partial charge in [-0.1, -0.05) is 49.0 Å². The van der Waals surface area contributed by atoms with E-state index in [9.17, 15) is 9.18 Å². The van der Waals surface area contributed by atoms with E-state index >= 15 is 0 Å². The maximum atomic E-state index is 14.6. The van der Waals surface area contributed by atoms with Crippen LogP contribution < -0.4 is 10.5 Å². The van der Waals surface area contributed by atoms with Crippen LogP contribution in [0.4, 0.5) is 4.39 Å². The number of carbonyl (C=O) groups is 1. The molecule has 0 bridgehead atoms. The smallest absolute Gasteiger partial charge is 0.266 e. The van der Waals surface area contributed by atoms with E-state index in [4.69, 9.17) is 22.1 Å². The summed E-state index contributed by atoms with van der Waals surface area (Å²) in [6.45, 7) is 2.35. The van der Waals surface area contributed by atoms with Gasteiger partial charge in [-0.05, 0) is 68.0 Å². The number of aromatic nitrogens is 1. The van der Waals surface area contributed by atoms with Gasteiger partial charge in [0.2, 0.25) is 0 Å². The normalized spacial score (nSPS) is 17.4. The highest BCUT2D eigenvalue weighted by Crippen LogP contribution is 2.42. The molecule has 0 atom stereocenters. The Kier molecular flexibility index (Phi) is 8.66. The van der Waals surface area contributed by atoms with Gasteiger partial charge in [-0.3, -0.25) is 9.78 Å². The highest BCUT2D eigenvalue weighted by atomic mass is 127. The standard InChI is InChI=1S/C30H30ClFIN3O2S/c1-17-4-10-24(33-2)26-27(31)29(39-28(17)26)30(37)36(21-8-6-20(34)7-9-21)16-19-14-18(5-11-25(19)38-3)22-12-13-35-15-23(22)32/h4-5,10-15,20-21H,2,6-9,16,34H2,1,3H3. The fourth-order valence-electron chi connectivity index (χ4n) is 5.28. The van der Waals surface area contributed by atoms with Crippen LogP contribution in [0.15, 0.2) is 48.8 Å². The highest BCUT2D eigenvalue weighted by molar-refractivity contribution is 14.2. The third-order valence-corrected chi connectivity index (χ3v) is 10.9. The van der Waals surface area contributed by atoms with E-state index in [0.717, 1.165) is 50.5 Å². The summed E-state index contributed by atoms with van der Waals surface area (Å²) in [6.07, 6.45) is 6.09. The molecule has 0 unspecified atom stereocenters. The zero-order valence-corrected chi connectivity index (χ0v) is 25.6. The lowest BCUT2D eigenvalue weighted by atomic mass is 9.90. The Morgan fingerprint density at radius 1 is 1.26 bits per heavy atom. The second-order valence-electron chi connectivity index (χ2n) is 9.83. The number of thiophene rings is 1. The minimum Gasteiger partial charge on any atom is -0.496 e. The Labute approximate surface area is 246 Å². The minimum atomic E-state index is -0.457. The number of aryl methyl sites for hydroxylation is 1. The number of methoxy groups -OCH3 is 1. The lowest BCUT2D eigenvalue weighted by molar-refractivity contribution is 0.0610. The molecular weight excluding hydrogens is 648 g/mol. The van der Waals surface area contributed by atoms with E-state index in [0.29, 0.717) is 33.3 Å². The number of halogens is 3. The third-order valence-electron chi connectivity index (χ3n) is 7.41. The summed E-state index contributed by atoms with van der Waals surface area (Å²) in [5.41, 5.74) is 9.26. The summed E-state index contributed by atoms with van der Waals surface area (Å²) >= 11 is 7.96. The number of hydrogen-bond donors (Lipinski definition) is 1. The van der Waals surface area contributed by atoms with E-state index in [2.05, 4.69) is 21.6 Å². The Balaban J connectivity index is 1.59. The van der Waals surface area contributed by atoms with Gasteiger partial charge in [0.25, 0.3) is 5.91 Å². The second kappa shape index (κ2) is 12.0. The number of ether oxygens (including phenoxy) is 1. The number of nitrogens with zero attached hydrogens (tertiary/aromatic N) is 2. The molecule has 1 fully saturated rings. The first-order valence-electron chi connectivity index (χ1n) is 12.8. The molecule has 2 aromatic carbocycles. The molecule has 0 radical (unpaired) electrons. The van der Waals surface area contributed by atoms with Crippen LogP contribution in [-0.2, 0) is 6.54 Å². The molecule has 2 N–H and O–H groups in total. The number of pyridine rings is 1. The summed E-state index contributed by atoms with van der Waals surface area (Å²) in [4.78, 5) is 20.7. The summed E-state index contributed by atoms with van der Waals surface area (Å²) in [6, 6.07) is 11.5. The van der Waals surface area contributed by atoms with E-state index in [1.165, 1.54) is 17.5 Å². The van der Waals surface area contributed by atoms with Crippen molar-refractivity contribution in [1.82, 2.24) is 9.88 Å². The average molecular weight is 678 g/mol. The Morgan fingerprint density at radius 2 is 2.03 bits per heavy atom. The van der Waals surface area contributed by atoms with Crippen molar-refractivity contribution in [1.29, 1.82) is 0 Å². The van der Waals surface area contributed by atoms with Gasteiger partial charge in [0.15, 0.2) is 0 Å². The molecule has 0 spiro atoms. The minimum absolute atomic E-state index is 0.00503. The monoisotopic (exact) mass is 677 g/mol. The third kappa shape index (κ3) is 5.62. The molecular formula is C30H30ClFIN3O2S. The number of benzene rings is 2. The van der Waals surface area contributed by atoms with Crippen LogP contribution in [0.3, 0.4) is 0 Å². The molecule has 39 heavy (non-hydrogen) atoms. The number of nitrogens with two attached hydrogens (primary N) is 1. The van der Waals surface area contributed by atoms with Crippen LogP contribution in [0.5, 0.6) is 5.75 Å². The van der Waals surface area contributed by atoms with Gasteiger partial charge in [0.05, 0.1) is 18.3 Å². The Bertz CT molecular complexity index is 1550. The number of amides is 1. The van der Waals surface area contributed by atoms with Crippen LogP contribution in [-0.4, -0.2) is 39.5 Å². The summed E-state index contributed by atoms with van der Waals surface area (Å²) in [5, 5.41) is 1.48. The van der Waals surface area contributed by atoms with E-state index < -0.39 is 26.5 Å². The summed E-state index contributed by atoms with van der Waals surface area (Å²) < 4.78 is 26.6. The highest BCUT2D eigenvalue weighted by Gasteiger charge is 2.32. The summed E-state index contributed by atoms with van der Waals surface area (Å²) in [5.74, 6) is 0.136. The van der Waals surface area contributed by atoms with Gasteiger partial charge in [-0.15, -0.1) is 11.3 Å². The van der Waals surface area contributed by atoms with Crippen molar-refractivity contribution >= 4 is 64.2 Å². The topological polar surface area (TPSA) is 68.5 Å². The Morgan fingerprint density at radius 3 is 2.72 bits per heavy atom. The predicted molar refractivity (Wildman–Crippen MR) is 168 cm³/mol. The molecule has 2 heterocycles. The lowest BCUT2D eigenvalue weighted by Crippen LogP contribution is -2.43. The quantitative estimate of drug-likeness (QED) is 0.205. The number of fused-ring (bicyclic) bond motifs is 1. The molecule has 0 aliphatic heterocycles. The SMILES string of the molecule is C=Ic1ccc(C)c2sc(C(=O)N(Cc3cc(-c4ccncc4F)ccc3OC)C3CCC(N)CC3)c(Cl)c12. The molecule has 9 heteroatoms. The van der Waals surface area contributed by atoms with Crippen molar-refractivity contribution in [3.8, 4) is 16.9 Å². The van der Waals surface area contributed by atoms with Crippen molar-refractivity contribution in [2.75, 3.05) is 7.11 Å². The van der Waals surface area contributed by atoms with Gasteiger partial charge >= 0.3 is 0 Å². The second-order valence-corrected chi connectivity index (χ2v) is 13.2. The van der Waals surface area contributed by atoms with Crippen molar-refractivity contribution < 1.29 is 13.9 Å². The van der Waals surface area contributed by atoms with Crippen molar-refractivity contribution in [3.05, 3.63) is 79.2 Å². The van der Waals surface area contributed by atoms with E-state index in [-0.39, 0.29) is 18.0 Å². The molecule has 4 aromatic rings. The maximum absolute atomic E-state index is 14.6. The molecule has 0 saturated heterocycles. The van der Waals surface area contributed by atoms with Gasteiger partial charge < -0.3 is 15.4 Å². The summed E-state index contributed by atoms with van der Waals surface area (Å²) in [7, 11) is 1.60. The fraction of sp³-hybridized carbons (Fsp3) is 0.300. The van der Waals surface area contributed by atoms with Crippen LogP contribution >= 0.6 is 43.7 Å². The largest absolute Gasteiger partial charge is 0.496 e. The molecule has 1 aliphatic rings. The molecule has 1 amide bonds. The van der Waals surface area contributed by atoms with Gasteiger partial charge in [0, 0.05) is 49.6 Å². The molecule has 204 valence electrons. The van der Waals surface area contributed by atoms with E-state index in [1.807, 2.05) is 30.0 Å². The van der Waals surface area contributed by atoms with E-state index in [1.54, 1.807) is 19.4 Å². The van der Waals surface area contributed by atoms with Crippen LogP contribution in [0.1, 0.15) is 46.5 Å². The van der Waals surface area contributed by atoms with Crippen molar-refractivity contribution in [2.45, 2.75) is 51.2 Å². The average Bonchev–Trinajstić information content (AvgIpc) is 3.30. The van der Waals surface area contributed by atoms with Crippen LogP contribution in [0, 0.1) is 16.3 Å². The fourth-order valence-corrected chi connectivity index (χ4v) is 8.57. The zero-order chi connectivity index (χ0) is 27.7. The number of hydrogen-bond acceptors (Lipinski definition) is 5. The first-order chi connectivity index (χ1) is 18.8. The van der Waals surface area contributed by atoms with Crippen LogP contribution in [0.25, 0.3) is 21.2 Å². The molecule has 1 aliphatic carbocycles. The first-order valence-corrected chi connectivity index (χ1v) is 16.6. The lowest BCUT2D eigenvalue weighted by Gasteiger charge is -2.36. The molecule has 1 saturated carbocycles. The first kappa shape index (κ1) is 28.1. The molecule has 5 nitrogen and oxygen atoms in total. The molecule has 2 aromatic heterocycles. The molecule has 5 rings (SSSR count). The number of carbonyl (C=O) groups excluding carboxylic acids is 1.